The van der Waals surface area contributed by atoms with Crippen LogP contribution in [0.2, 0.25) is 0 Å². The number of halogens is 1. The number of nitrogens with zero attached hydrogens (tertiary/aromatic N) is 3. The van der Waals surface area contributed by atoms with E-state index in [-0.39, 0.29) is 11.7 Å². The van der Waals surface area contributed by atoms with Crippen molar-refractivity contribution < 1.29 is 9.18 Å². The number of hydrogen-bond acceptors (Lipinski definition) is 6. The number of carbonyl (C=O) groups is 1. The summed E-state index contributed by atoms with van der Waals surface area (Å²) in [5.41, 5.74) is 0.776. The molecule has 0 atom stereocenters. The van der Waals surface area contributed by atoms with Crippen molar-refractivity contribution in [1.82, 2.24) is 15.1 Å². The van der Waals surface area contributed by atoms with E-state index in [0.29, 0.717) is 12.3 Å². The third-order valence-corrected chi connectivity index (χ3v) is 5.77. The van der Waals surface area contributed by atoms with Crippen LogP contribution in [-0.4, -0.2) is 39.6 Å². The number of hydrogen-bond donors (Lipinski definition) is 0. The van der Waals surface area contributed by atoms with Crippen LogP contribution >= 0.6 is 34.9 Å². The topological polar surface area (TPSA) is 46.1 Å². The highest BCUT2D eigenvalue weighted by atomic mass is 32.2. The second-order valence-electron chi connectivity index (χ2n) is 4.44. The summed E-state index contributed by atoms with van der Waals surface area (Å²) in [5.74, 6) is 0.947. The van der Waals surface area contributed by atoms with Gasteiger partial charge in [-0.15, -0.1) is 10.2 Å². The Labute approximate surface area is 141 Å². The molecule has 0 aliphatic carbocycles. The molecular weight excluding hydrogens is 341 g/mol. The van der Waals surface area contributed by atoms with E-state index in [1.54, 1.807) is 35.8 Å². The van der Waals surface area contributed by atoms with Gasteiger partial charge in [-0.3, -0.25) is 4.79 Å². The molecule has 0 aliphatic rings. The summed E-state index contributed by atoms with van der Waals surface area (Å²) in [6.45, 7) is 2.45. The first kappa shape index (κ1) is 17.2. The molecule has 1 amide bonds. The molecular formula is C14H16FN3OS3. The molecule has 0 radical (unpaired) electrons. The third kappa shape index (κ3) is 5.26. The highest BCUT2D eigenvalue weighted by molar-refractivity contribution is 8.03. The smallest absolute Gasteiger partial charge is 0.233 e. The minimum atomic E-state index is -0.289. The zero-order chi connectivity index (χ0) is 15.9. The normalized spacial score (nSPS) is 10.7. The van der Waals surface area contributed by atoms with Gasteiger partial charge in [-0.1, -0.05) is 53.9 Å². The number of amides is 1. The van der Waals surface area contributed by atoms with E-state index in [1.807, 2.05) is 0 Å². The molecule has 2 aromatic rings. The number of rotatable bonds is 7. The summed E-state index contributed by atoms with van der Waals surface area (Å²) >= 11 is 4.52. The van der Waals surface area contributed by atoms with Gasteiger partial charge in [-0.2, -0.15) is 0 Å². The lowest BCUT2D eigenvalue weighted by Gasteiger charge is -2.16. The molecule has 0 unspecified atom stereocenters. The Kier molecular flexibility index (Phi) is 6.66. The minimum Gasteiger partial charge on any atom is -0.341 e. The van der Waals surface area contributed by atoms with Gasteiger partial charge in [-0.05, 0) is 23.4 Å². The molecule has 118 valence electrons. The maximum absolute atomic E-state index is 13.1. The van der Waals surface area contributed by atoms with E-state index in [0.717, 1.165) is 20.0 Å². The summed E-state index contributed by atoms with van der Waals surface area (Å²) in [5, 5.41) is 8.10. The van der Waals surface area contributed by atoms with Crippen molar-refractivity contribution in [2.24, 2.45) is 0 Å². The number of benzene rings is 1. The van der Waals surface area contributed by atoms with Gasteiger partial charge in [0, 0.05) is 13.6 Å². The van der Waals surface area contributed by atoms with Crippen molar-refractivity contribution in [3.05, 3.63) is 35.6 Å². The van der Waals surface area contributed by atoms with Gasteiger partial charge in [0.15, 0.2) is 8.68 Å². The Balaban J connectivity index is 1.83. The number of carbonyl (C=O) groups excluding carboxylic acids is 1. The van der Waals surface area contributed by atoms with Crippen LogP contribution in [0.4, 0.5) is 4.39 Å². The Morgan fingerprint density at radius 3 is 2.73 bits per heavy atom. The van der Waals surface area contributed by atoms with Gasteiger partial charge >= 0.3 is 0 Å². The second-order valence-corrected chi connectivity index (χ2v) is 8.15. The zero-order valence-corrected chi connectivity index (χ0v) is 14.7. The molecule has 22 heavy (non-hydrogen) atoms. The van der Waals surface area contributed by atoms with Gasteiger partial charge in [-0.25, -0.2) is 4.39 Å². The van der Waals surface area contributed by atoms with Crippen LogP contribution in [0.3, 0.4) is 0 Å². The van der Waals surface area contributed by atoms with Crippen LogP contribution in [0, 0.1) is 5.82 Å². The van der Waals surface area contributed by atoms with Crippen LogP contribution in [0.25, 0.3) is 0 Å². The van der Waals surface area contributed by atoms with Crippen LogP contribution in [0.15, 0.2) is 32.9 Å². The lowest BCUT2D eigenvalue weighted by Crippen LogP contribution is -2.27. The summed E-state index contributed by atoms with van der Waals surface area (Å²) in [6, 6.07) is 6.28. The highest BCUT2D eigenvalue weighted by Gasteiger charge is 2.12. The molecule has 2 rings (SSSR count). The van der Waals surface area contributed by atoms with Crippen molar-refractivity contribution in [2.45, 2.75) is 22.1 Å². The summed E-state index contributed by atoms with van der Waals surface area (Å²) in [7, 11) is 1.71. The first-order valence-electron chi connectivity index (χ1n) is 6.66. The summed E-state index contributed by atoms with van der Waals surface area (Å²) in [6.07, 6.45) is 0. The molecule has 0 spiro atoms. The number of aromatic nitrogens is 2. The summed E-state index contributed by atoms with van der Waals surface area (Å²) < 4.78 is 14.8. The van der Waals surface area contributed by atoms with Gasteiger partial charge in [0.1, 0.15) is 5.82 Å². The van der Waals surface area contributed by atoms with Crippen LogP contribution in [-0.2, 0) is 11.3 Å². The molecule has 0 bridgehead atoms. The largest absolute Gasteiger partial charge is 0.341 e. The molecule has 1 heterocycles. The Morgan fingerprint density at radius 2 is 2.05 bits per heavy atom. The standard InChI is InChI=1S/C14H16FN3OS3/c1-3-20-13-16-17-14(22-13)21-9-12(19)18(2)8-10-5-4-6-11(15)7-10/h4-7H,3,8-9H2,1-2H3. The Morgan fingerprint density at radius 1 is 1.32 bits per heavy atom. The molecule has 0 saturated heterocycles. The fourth-order valence-corrected chi connectivity index (χ4v) is 4.53. The third-order valence-electron chi connectivity index (χ3n) is 2.71. The molecule has 0 fully saturated rings. The average Bonchev–Trinajstić information content (AvgIpc) is 2.93. The SMILES string of the molecule is CCSc1nnc(SCC(=O)N(C)Cc2cccc(F)c2)s1. The maximum atomic E-state index is 13.1. The lowest BCUT2D eigenvalue weighted by molar-refractivity contribution is -0.127. The Bertz CT molecular complexity index is 635. The van der Waals surface area contributed by atoms with E-state index < -0.39 is 0 Å². The predicted molar refractivity (Wildman–Crippen MR) is 89.9 cm³/mol. The van der Waals surface area contributed by atoms with Gasteiger partial charge in [0.05, 0.1) is 5.75 Å². The van der Waals surface area contributed by atoms with E-state index in [1.165, 1.54) is 35.2 Å². The van der Waals surface area contributed by atoms with Gasteiger partial charge < -0.3 is 4.90 Å². The maximum Gasteiger partial charge on any atom is 0.233 e. The monoisotopic (exact) mass is 357 g/mol. The second kappa shape index (κ2) is 8.50. The Hall–Kier alpha value is -1.12. The van der Waals surface area contributed by atoms with Gasteiger partial charge in [0.2, 0.25) is 5.91 Å². The summed E-state index contributed by atoms with van der Waals surface area (Å²) in [4.78, 5) is 13.7. The highest BCUT2D eigenvalue weighted by Crippen LogP contribution is 2.28. The molecule has 8 heteroatoms. The zero-order valence-electron chi connectivity index (χ0n) is 12.3. The molecule has 4 nitrogen and oxygen atoms in total. The molecule has 0 saturated carbocycles. The van der Waals surface area contributed by atoms with Crippen molar-refractivity contribution in [3.63, 3.8) is 0 Å². The first-order valence-corrected chi connectivity index (χ1v) is 9.44. The quantitative estimate of drug-likeness (QED) is 0.709. The van der Waals surface area contributed by atoms with E-state index in [9.17, 15) is 9.18 Å². The molecule has 1 aromatic heterocycles. The van der Waals surface area contributed by atoms with Gasteiger partial charge in [0.25, 0.3) is 0 Å². The predicted octanol–water partition coefficient (Wildman–Crippen LogP) is 3.54. The molecule has 1 aromatic carbocycles. The van der Waals surface area contributed by atoms with Crippen molar-refractivity contribution >= 4 is 40.8 Å². The van der Waals surface area contributed by atoms with Crippen molar-refractivity contribution in [3.8, 4) is 0 Å². The molecule has 0 aliphatic heterocycles. The van der Waals surface area contributed by atoms with Crippen LogP contribution in [0.5, 0.6) is 0 Å². The minimum absolute atomic E-state index is 0.0193. The van der Waals surface area contributed by atoms with E-state index in [2.05, 4.69) is 17.1 Å². The van der Waals surface area contributed by atoms with E-state index in [4.69, 9.17) is 0 Å². The van der Waals surface area contributed by atoms with E-state index >= 15 is 0 Å². The van der Waals surface area contributed by atoms with Crippen LogP contribution < -0.4 is 0 Å². The van der Waals surface area contributed by atoms with Crippen molar-refractivity contribution in [2.75, 3.05) is 18.6 Å². The fourth-order valence-electron chi connectivity index (χ4n) is 1.67. The average molecular weight is 358 g/mol. The van der Waals surface area contributed by atoms with Crippen LogP contribution in [0.1, 0.15) is 12.5 Å². The van der Waals surface area contributed by atoms with Crippen molar-refractivity contribution in [1.29, 1.82) is 0 Å². The first-order chi connectivity index (χ1) is 10.6. The number of thioether (sulfide) groups is 2. The fraction of sp³-hybridized carbons (Fsp3) is 0.357. The lowest BCUT2D eigenvalue weighted by atomic mass is 10.2. The molecule has 0 N–H and O–H groups in total.